The summed E-state index contributed by atoms with van der Waals surface area (Å²) in [6.07, 6.45) is 6.71. The minimum Gasteiger partial charge on any atom is -0.380 e. The monoisotopic (exact) mass is 264 g/mol. The van der Waals surface area contributed by atoms with Crippen LogP contribution in [0, 0.1) is 22.0 Å². The lowest BCUT2D eigenvalue weighted by atomic mass is 9.71. The third kappa shape index (κ3) is 1.86. The van der Waals surface area contributed by atoms with Crippen molar-refractivity contribution in [1.82, 2.24) is 0 Å². The third-order valence-corrected chi connectivity index (χ3v) is 4.19. The summed E-state index contributed by atoms with van der Waals surface area (Å²) in [6, 6.07) is 4.86. The second kappa shape index (κ2) is 4.28. The fourth-order valence-electron chi connectivity index (χ4n) is 2.82. The molecule has 0 amide bonds. The predicted octanol–water partition coefficient (Wildman–Crippen LogP) is 3.62. The van der Waals surface area contributed by atoms with Crippen molar-refractivity contribution in [2.24, 2.45) is 11.8 Å². The maximum absolute atomic E-state index is 10.7. The molecule has 0 spiro atoms. The zero-order chi connectivity index (χ0) is 12.7. The lowest BCUT2D eigenvalue weighted by Gasteiger charge is -2.41. The van der Waals surface area contributed by atoms with Gasteiger partial charge in [0.1, 0.15) is 0 Å². The summed E-state index contributed by atoms with van der Waals surface area (Å²) in [5.74, 6) is 1.31. The highest BCUT2D eigenvalue weighted by atomic mass is 35.5. The molecule has 2 aliphatic carbocycles. The summed E-state index contributed by atoms with van der Waals surface area (Å²) in [5.41, 5.74) is 0.731. The highest BCUT2D eigenvalue weighted by molar-refractivity contribution is 6.33. The molecule has 0 bridgehead atoms. The minimum absolute atomic E-state index is 0.0692. The molecule has 4 nitrogen and oxygen atoms in total. The Balaban J connectivity index is 1.78. The molecule has 2 aliphatic rings. The average Bonchev–Trinajstić information content (AvgIpc) is 2.69. The van der Waals surface area contributed by atoms with Crippen LogP contribution in [0.2, 0.25) is 5.02 Å². The number of hydrogen-bond donors (Lipinski definition) is 1. The van der Waals surface area contributed by atoms with Gasteiger partial charge in [-0.1, -0.05) is 23.8 Å². The Hall–Kier alpha value is -1.55. The van der Waals surface area contributed by atoms with E-state index in [-0.39, 0.29) is 5.69 Å². The molecule has 0 aliphatic heterocycles. The third-order valence-electron chi connectivity index (χ3n) is 3.86. The van der Waals surface area contributed by atoms with Crippen LogP contribution in [0.4, 0.5) is 11.4 Å². The Morgan fingerprint density at radius 3 is 3.00 bits per heavy atom. The molecule has 1 aromatic carbocycles. The molecule has 94 valence electrons. The quantitative estimate of drug-likeness (QED) is 0.515. The predicted molar refractivity (Wildman–Crippen MR) is 70.9 cm³/mol. The van der Waals surface area contributed by atoms with Crippen LogP contribution < -0.4 is 5.32 Å². The molecule has 0 aromatic heterocycles. The van der Waals surface area contributed by atoms with E-state index in [1.54, 1.807) is 6.07 Å². The lowest BCUT2D eigenvalue weighted by Crippen LogP contribution is -2.43. The average molecular weight is 265 g/mol. The number of nitro groups is 1. The minimum atomic E-state index is -0.402. The van der Waals surface area contributed by atoms with Crippen LogP contribution in [0.5, 0.6) is 0 Å². The van der Waals surface area contributed by atoms with Crippen LogP contribution in [0.1, 0.15) is 12.8 Å². The number of hydrogen-bond acceptors (Lipinski definition) is 3. The van der Waals surface area contributed by atoms with Gasteiger partial charge in [0.15, 0.2) is 0 Å². The van der Waals surface area contributed by atoms with Gasteiger partial charge in [-0.15, -0.1) is 0 Å². The molecule has 3 rings (SSSR count). The Morgan fingerprint density at radius 2 is 2.28 bits per heavy atom. The van der Waals surface area contributed by atoms with Gasteiger partial charge in [-0.05, 0) is 24.8 Å². The number of non-ortho nitro benzene ring substituents is 1. The molecule has 5 heteroatoms. The Kier molecular flexibility index (Phi) is 2.74. The molecule has 3 unspecified atom stereocenters. The van der Waals surface area contributed by atoms with E-state index < -0.39 is 4.92 Å². The van der Waals surface area contributed by atoms with Gasteiger partial charge in [0.05, 0.1) is 15.6 Å². The fraction of sp³-hybridized carbons (Fsp3) is 0.385. The number of nitrogens with one attached hydrogen (secondary N) is 1. The van der Waals surface area contributed by atoms with Crippen LogP contribution in [-0.2, 0) is 0 Å². The topological polar surface area (TPSA) is 55.2 Å². The molecule has 1 fully saturated rings. The lowest BCUT2D eigenvalue weighted by molar-refractivity contribution is -0.384. The van der Waals surface area contributed by atoms with Crippen LogP contribution in [-0.4, -0.2) is 11.0 Å². The standard InChI is InChI=1S/C13H13ClN2O2/c14-11-5-4-9(16(17)18)7-13(11)15-12-6-8-2-1-3-10(8)12/h1,3-5,7-8,10,12,15H,2,6H2. The summed E-state index contributed by atoms with van der Waals surface area (Å²) in [7, 11) is 0. The summed E-state index contributed by atoms with van der Waals surface area (Å²) >= 11 is 6.07. The highest BCUT2D eigenvalue weighted by Gasteiger charge is 2.41. The van der Waals surface area contributed by atoms with Crippen molar-refractivity contribution in [2.75, 3.05) is 5.32 Å². The number of fused-ring (bicyclic) bond motifs is 1. The number of nitro benzene ring substituents is 1. The Morgan fingerprint density at radius 1 is 1.44 bits per heavy atom. The SMILES string of the molecule is O=[N+]([O-])c1ccc(Cl)c(NC2CC3CC=CC32)c1. The van der Waals surface area contributed by atoms with Crippen molar-refractivity contribution >= 4 is 23.0 Å². The van der Waals surface area contributed by atoms with Gasteiger partial charge >= 0.3 is 0 Å². The van der Waals surface area contributed by atoms with Gasteiger partial charge < -0.3 is 5.32 Å². The molecule has 1 aromatic rings. The molecular formula is C13H13ClN2O2. The second-order valence-corrected chi connectivity index (χ2v) is 5.32. The largest absolute Gasteiger partial charge is 0.380 e. The first-order valence-electron chi connectivity index (χ1n) is 6.02. The van der Waals surface area contributed by atoms with E-state index in [1.807, 2.05) is 0 Å². The van der Waals surface area contributed by atoms with Crippen molar-refractivity contribution in [1.29, 1.82) is 0 Å². The number of anilines is 1. The van der Waals surface area contributed by atoms with Crippen LogP contribution in [0.25, 0.3) is 0 Å². The van der Waals surface area contributed by atoms with E-state index in [1.165, 1.54) is 12.1 Å². The summed E-state index contributed by atoms with van der Waals surface area (Å²) < 4.78 is 0. The first kappa shape index (κ1) is 11.5. The zero-order valence-electron chi connectivity index (χ0n) is 9.67. The molecule has 1 saturated carbocycles. The van der Waals surface area contributed by atoms with Crippen LogP contribution in [0.3, 0.4) is 0 Å². The first-order chi connectivity index (χ1) is 8.65. The van der Waals surface area contributed by atoms with Gasteiger partial charge in [0, 0.05) is 24.1 Å². The fourth-order valence-corrected chi connectivity index (χ4v) is 2.99. The zero-order valence-corrected chi connectivity index (χ0v) is 10.4. The van der Waals surface area contributed by atoms with E-state index in [2.05, 4.69) is 17.5 Å². The second-order valence-electron chi connectivity index (χ2n) is 4.91. The number of allylic oxidation sites excluding steroid dienone is 1. The molecular weight excluding hydrogens is 252 g/mol. The number of halogens is 1. The van der Waals surface area contributed by atoms with E-state index in [9.17, 15) is 10.1 Å². The number of nitrogens with zero attached hydrogens (tertiary/aromatic N) is 1. The molecule has 18 heavy (non-hydrogen) atoms. The van der Waals surface area contributed by atoms with Gasteiger partial charge in [0.25, 0.3) is 5.69 Å². The Bertz CT molecular complexity index is 530. The Labute approximate surface area is 110 Å². The maximum atomic E-state index is 10.7. The maximum Gasteiger partial charge on any atom is 0.271 e. The van der Waals surface area contributed by atoms with Crippen molar-refractivity contribution < 1.29 is 4.92 Å². The summed E-state index contributed by atoms with van der Waals surface area (Å²) in [4.78, 5) is 10.3. The van der Waals surface area contributed by atoms with Gasteiger partial charge in [-0.3, -0.25) is 10.1 Å². The first-order valence-corrected chi connectivity index (χ1v) is 6.40. The number of rotatable bonds is 3. The van der Waals surface area contributed by atoms with Crippen molar-refractivity contribution in [3.63, 3.8) is 0 Å². The molecule has 0 heterocycles. The van der Waals surface area contributed by atoms with Crippen LogP contribution >= 0.6 is 11.6 Å². The highest BCUT2D eigenvalue weighted by Crippen LogP contribution is 2.44. The van der Waals surface area contributed by atoms with E-state index in [0.29, 0.717) is 22.7 Å². The molecule has 1 N–H and O–H groups in total. The van der Waals surface area contributed by atoms with Crippen molar-refractivity contribution in [3.8, 4) is 0 Å². The molecule has 0 saturated heterocycles. The van der Waals surface area contributed by atoms with E-state index in [0.717, 1.165) is 18.8 Å². The summed E-state index contributed by atoms with van der Waals surface area (Å²) in [6.45, 7) is 0. The normalized spacial score (nSPS) is 28.6. The summed E-state index contributed by atoms with van der Waals surface area (Å²) in [5, 5.41) is 14.6. The van der Waals surface area contributed by atoms with Crippen molar-refractivity contribution in [2.45, 2.75) is 18.9 Å². The molecule has 0 radical (unpaired) electrons. The van der Waals surface area contributed by atoms with Gasteiger partial charge in [0.2, 0.25) is 0 Å². The van der Waals surface area contributed by atoms with Gasteiger partial charge in [-0.2, -0.15) is 0 Å². The van der Waals surface area contributed by atoms with E-state index >= 15 is 0 Å². The smallest absolute Gasteiger partial charge is 0.271 e. The van der Waals surface area contributed by atoms with E-state index in [4.69, 9.17) is 11.6 Å². The van der Waals surface area contributed by atoms with Crippen molar-refractivity contribution in [3.05, 3.63) is 45.5 Å². The number of benzene rings is 1. The van der Waals surface area contributed by atoms with Gasteiger partial charge in [-0.25, -0.2) is 0 Å². The molecule has 3 atom stereocenters. The van der Waals surface area contributed by atoms with Crippen LogP contribution in [0.15, 0.2) is 30.4 Å².